The second kappa shape index (κ2) is 4.45. The van der Waals surface area contributed by atoms with Crippen LogP contribution in [0.1, 0.15) is 59.8 Å². The molecule has 0 amide bonds. The van der Waals surface area contributed by atoms with Crippen molar-refractivity contribution in [3.63, 3.8) is 0 Å². The molecule has 0 spiro atoms. The highest BCUT2D eigenvalue weighted by Gasteiger charge is 2.27. The summed E-state index contributed by atoms with van der Waals surface area (Å²) in [4.78, 5) is 0. The van der Waals surface area contributed by atoms with Gasteiger partial charge in [-0.05, 0) is 44.9 Å². The van der Waals surface area contributed by atoms with Crippen LogP contribution >= 0.6 is 0 Å². The first-order valence-corrected chi connectivity index (χ1v) is 5.87. The number of hydrogen-bond acceptors (Lipinski definition) is 1. The summed E-state index contributed by atoms with van der Waals surface area (Å²) >= 11 is 0. The topological polar surface area (TPSA) is 12.0 Å². The van der Waals surface area contributed by atoms with Crippen LogP contribution in [0, 0.1) is 5.92 Å². The van der Waals surface area contributed by atoms with Crippen LogP contribution in [-0.4, -0.2) is 11.6 Å². The molecule has 2 unspecified atom stereocenters. The van der Waals surface area contributed by atoms with Crippen molar-refractivity contribution in [3.05, 3.63) is 0 Å². The lowest BCUT2D eigenvalue weighted by Gasteiger charge is -2.32. The van der Waals surface area contributed by atoms with Crippen molar-refractivity contribution < 1.29 is 0 Å². The molecule has 1 nitrogen and oxygen atoms in total. The molecule has 1 rings (SSSR count). The third kappa shape index (κ3) is 2.98. The van der Waals surface area contributed by atoms with Gasteiger partial charge in [0.15, 0.2) is 0 Å². The number of hydrogen-bond donors (Lipinski definition) is 1. The van der Waals surface area contributed by atoms with Crippen molar-refractivity contribution in [2.24, 2.45) is 5.92 Å². The van der Waals surface area contributed by atoms with Crippen LogP contribution in [0.2, 0.25) is 0 Å². The minimum absolute atomic E-state index is 0.384. The summed E-state index contributed by atoms with van der Waals surface area (Å²) in [6, 6.07) is 0.792. The average molecular weight is 183 g/mol. The lowest BCUT2D eigenvalue weighted by molar-refractivity contribution is 0.287. The number of nitrogens with one attached hydrogen (secondary N) is 1. The van der Waals surface area contributed by atoms with Crippen molar-refractivity contribution in [2.45, 2.75) is 71.4 Å². The Hall–Kier alpha value is -0.0400. The lowest BCUT2D eigenvalue weighted by Crippen LogP contribution is -2.46. The molecule has 78 valence electrons. The second-order valence-electron chi connectivity index (χ2n) is 5.03. The molecule has 1 aliphatic carbocycles. The van der Waals surface area contributed by atoms with Gasteiger partial charge in [0, 0.05) is 11.6 Å². The molecule has 1 heteroatoms. The van der Waals surface area contributed by atoms with Crippen LogP contribution in [0.25, 0.3) is 0 Å². The zero-order valence-corrected chi connectivity index (χ0v) is 9.69. The van der Waals surface area contributed by atoms with Crippen molar-refractivity contribution in [1.29, 1.82) is 0 Å². The summed E-state index contributed by atoms with van der Waals surface area (Å²) < 4.78 is 0. The maximum atomic E-state index is 3.82. The highest BCUT2D eigenvalue weighted by atomic mass is 15.0. The molecule has 1 N–H and O–H groups in total. The van der Waals surface area contributed by atoms with Gasteiger partial charge < -0.3 is 5.32 Å². The van der Waals surface area contributed by atoms with Gasteiger partial charge >= 0.3 is 0 Å². The quantitative estimate of drug-likeness (QED) is 0.705. The van der Waals surface area contributed by atoms with Gasteiger partial charge in [0.25, 0.3) is 0 Å². The normalized spacial score (nSPS) is 29.5. The third-order valence-electron chi connectivity index (χ3n) is 3.81. The predicted molar refractivity (Wildman–Crippen MR) is 58.9 cm³/mol. The maximum absolute atomic E-state index is 3.82. The fourth-order valence-corrected chi connectivity index (χ4v) is 2.29. The molecule has 1 fully saturated rings. The first-order chi connectivity index (χ1) is 6.09. The molecule has 0 aromatic rings. The molecule has 1 aliphatic rings. The van der Waals surface area contributed by atoms with Crippen LogP contribution in [0.4, 0.5) is 0 Å². The van der Waals surface area contributed by atoms with Crippen LogP contribution < -0.4 is 5.32 Å². The van der Waals surface area contributed by atoms with E-state index < -0.39 is 0 Å². The molecule has 2 atom stereocenters. The van der Waals surface area contributed by atoms with Crippen LogP contribution in [0.3, 0.4) is 0 Å². The van der Waals surface area contributed by atoms with Gasteiger partial charge in [-0.1, -0.05) is 20.8 Å². The summed E-state index contributed by atoms with van der Waals surface area (Å²) in [5.41, 5.74) is 0.384. The Kier molecular flexibility index (Phi) is 3.78. The van der Waals surface area contributed by atoms with E-state index in [4.69, 9.17) is 0 Å². The van der Waals surface area contributed by atoms with E-state index in [-0.39, 0.29) is 0 Å². The first kappa shape index (κ1) is 11.0. The van der Waals surface area contributed by atoms with Crippen LogP contribution in [0.5, 0.6) is 0 Å². The highest BCUT2D eigenvalue weighted by Crippen LogP contribution is 2.27. The standard InChI is InChI=1S/C12H25N/c1-5-12(4,6-2)13-11-8-7-10(3)9-11/h10-11,13H,5-9H2,1-4H3. The summed E-state index contributed by atoms with van der Waals surface area (Å²) in [6.45, 7) is 9.30. The van der Waals surface area contributed by atoms with Gasteiger partial charge in [0.2, 0.25) is 0 Å². The Labute approximate surface area is 83.3 Å². The summed E-state index contributed by atoms with van der Waals surface area (Å²) in [5, 5.41) is 3.82. The minimum Gasteiger partial charge on any atom is -0.309 e. The molecule has 0 radical (unpaired) electrons. The minimum atomic E-state index is 0.384. The Balaban J connectivity index is 2.38. The molecule has 0 aromatic heterocycles. The molecular formula is C12H25N. The monoisotopic (exact) mass is 183 g/mol. The predicted octanol–water partition coefficient (Wildman–Crippen LogP) is 3.34. The molecule has 1 saturated carbocycles. The molecule has 0 aliphatic heterocycles. The molecule has 0 bridgehead atoms. The van der Waals surface area contributed by atoms with Crippen molar-refractivity contribution >= 4 is 0 Å². The third-order valence-corrected chi connectivity index (χ3v) is 3.81. The Morgan fingerprint density at radius 3 is 2.23 bits per heavy atom. The lowest BCUT2D eigenvalue weighted by atomic mass is 9.94. The van der Waals surface area contributed by atoms with Crippen molar-refractivity contribution in [3.8, 4) is 0 Å². The summed E-state index contributed by atoms with van der Waals surface area (Å²) in [5.74, 6) is 0.940. The van der Waals surface area contributed by atoms with E-state index in [1.807, 2.05) is 0 Å². The Morgan fingerprint density at radius 1 is 1.23 bits per heavy atom. The smallest absolute Gasteiger partial charge is 0.0150 e. The maximum Gasteiger partial charge on any atom is 0.0150 e. The van der Waals surface area contributed by atoms with E-state index in [1.54, 1.807) is 0 Å². The molecule has 0 aromatic carbocycles. The fourth-order valence-electron chi connectivity index (χ4n) is 2.29. The average Bonchev–Trinajstić information content (AvgIpc) is 2.51. The zero-order chi connectivity index (χ0) is 9.90. The van der Waals surface area contributed by atoms with Gasteiger partial charge in [-0.2, -0.15) is 0 Å². The highest BCUT2D eigenvalue weighted by molar-refractivity contribution is 4.87. The van der Waals surface area contributed by atoms with Gasteiger partial charge in [-0.25, -0.2) is 0 Å². The van der Waals surface area contributed by atoms with Crippen LogP contribution in [-0.2, 0) is 0 Å². The van der Waals surface area contributed by atoms with E-state index in [2.05, 4.69) is 33.0 Å². The van der Waals surface area contributed by atoms with Crippen LogP contribution in [0.15, 0.2) is 0 Å². The van der Waals surface area contributed by atoms with Crippen molar-refractivity contribution in [2.75, 3.05) is 0 Å². The summed E-state index contributed by atoms with van der Waals surface area (Å²) in [7, 11) is 0. The van der Waals surface area contributed by atoms with E-state index in [9.17, 15) is 0 Å². The number of rotatable bonds is 4. The van der Waals surface area contributed by atoms with Crippen molar-refractivity contribution in [1.82, 2.24) is 5.32 Å². The molecular weight excluding hydrogens is 158 g/mol. The first-order valence-electron chi connectivity index (χ1n) is 5.87. The van der Waals surface area contributed by atoms with Gasteiger partial charge in [-0.15, -0.1) is 0 Å². The molecule has 0 saturated heterocycles. The van der Waals surface area contributed by atoms with Gasteiger partial charge in [0.1, 0.15) is 0 Å². The zero-order valence-electron chi connectivity index (χ0n) is 9.69. The molecule has 0 heterocycles. The Bertz CT molecular complexity index is 149. The van der Waals surface area contributed by atoms with E-state index in [0.29, 0.717) is 5.54 Å². The van der Waals surface area contributed by atoms with Gasteiger partial charge in [0.05, 0.1) is 0 Å². The largest absolute Gasteiger partial charge is 0.309 e. The summed E-state index contributed by atoms with van der Waals surface area (Å²) in [6.07, 6.45) is 6.68. The van der Waals surface area contributed by atoms with E-state index in [0.717, 1.165) is 12.0 Å². The second-order valence-corrected chi connectivity index (χ2v) is 5.03. The Morgan fingerprint density at radius 2 is 1.85 bits per heavy atom. The fraction of sp³-hybridized carbons (Fsp3) is 1.00. The SMILES string of the molecule is CCC(C)(CC)NC1CCC(C)C1. The molecule has 13 heavy (non-hydrogen) atoms. The van der Waals surface area contributed by atoms with E-state index in [1.165, 1.54) is 32.1 Å². The van der Waals surface area contributed by atoms with E-state index >= 15 is 0 Å². The van der Waals surface area contributed by atoms with Gasteiger partial charge in [-0.3, -0.25) is 0 Å².